The van der Waals surface area contributed by atoms with E-state index in [1.807, 2.05) is 18.2 Å². The van der Waals surface area contributed by atoms with Crippen molar-refractivity contribution >= 4 is 0 Å². The average molecular weight is 248 g/mol. The number of aromatic nitrogens is 1. The molecule has 1 N–H and O–H groups in total. The molecule has 1 aliphatic heterocycles. The molecule has 0 atom stereocenters. The standard InChI is InChI=1S/C13H16N2O3/c16-11-3-5-15(6-4-11)9-10-8-13(18-14-10)12-2-1-7-17-12/h1-2,7-8,11,16H,3-6,9H2. The highest BCUT2D eigenvalue weighted by atomic mass is 16.5. The van der Waals surface area contributed by atoms with Crippen molar-refractivity contribution in [2.75, 3.05) is 13.1 Å². The van der Waals surface area contributed by atoms with Crippen LogP contribution in [0.3, 0.4) is 0 Å². The first-order valence-electron chi connectivity index (χ1n) is 6.21. The fourth-order valence-electron chi connectivity index (χ4n) is 2.23. The molecule has 5 heteroatoms. The molecule has 18 heavy (non-hydrogen) atoms. The zero-order chi connectivity index (χ0) is 12.4. The summed E-state index contributed by atoms with van der Waals surface area (Å²) in [6.07, 6.45) is 3.15. The number of piperidine rings is 1. The molecule has 0 aromatic carbocycles. The van der Waals surface area contributed by atoms with Crippen LogP contribution in [0.15, 0.2) is 33.4 Å². The van der Waals surface area contributed by atoms with E-state index in [4.69, 9.17) is 8.94 Å². The molecule has 1 fully saturated rings. The molecule has 96 valence electrons. The van der Waals surface area contributed by atoms with E-state index in [1.165, 1.54) is 0 Å². The highest BCUT2D eigenvalue weighted by molar-refractivity contribution is 5.49. The van der Waals surface area contributed by atoms with Gasteiger partial charge in [-0.1, -0.05) is 5.16 Å². The Hall–Kier alpha value is -1.59. The minimum Gasteiger partial charge on any atom is -0.461 e. The first-order valence-corrected chi connectivity index (χ1v) is 6.21. The van der Waals surface area contributed by atoms with E-state index in [0.29, 0.717) is 11.5 Å². The Labute approximate surface area is 105 Å². The third-order valence-electron chi connectivity index (χ3n) is 3.27. The number of rotatable bonds is 3. The van der Waals surface area contributed by atoms with Crippen LogP contribution in [0, 0.1) is 0 Å². The van der Waals surface area contributed by atoms with Gasteiger partial charge in [0.15, 0.2) is 5.76 Å². The van der Waals surface area contributed by atoms with Crippen molar-refractivity contribution < 1.29 is 14.0 Å². The van der Waals surface area contributed by atoms with Crippen molar-refractivity contribution in [1.82, 2.24) is 10.1 Å². The Morgan fingerprint density at radius 1 is 1.33 bits per heavy atom. The van der Waals surface area contributed by atoms with Gasteiger partial charge in [0.25, 0.3) is 0 Å². The van der Waals surface area contributed by atoms with Crippen LogP contribution < -0.4 is 0 Å². The van der Waals surface area contributed by atoms with Crippen LogP contribution in [0.4, 0.5) is 0 Å². The predicted molar refractivity (Wildman–Crippen MR) is 64.7 cm³/mol. The second-order valence-electron chi connectivity index (χ2n) is 4.67. The lowest BCUT2D eigenvalue weighted by molar-refractivity contribution is 0.0782. The summed E-state index contributed by atoms with van der Waals surface area (Å²) < 4.78 is 10.5. The fraction of sp³-hybridized carbons (Fsp3) is 0.462. The van der Waals surface area contributed by atoms with Crippen LogP contribution >= 0.6 is 0 Å². The van der Waals surface area contributed by atoms with E-state index >= 15 is 0 Å². The topological polar surface area (TPSA) is 62.6 Å². The van der Waals surface area contributed by atoms with Gasteiger partial charge < -0.3 is 14.0 Å². The molecule has 5 nitrogen and oxygen atoms in total. The van der Waals surface area contributed by atoms with Crippen LogP contribution in [0.2, 0.25) is 0 Å². The van der Waals surface area contributed by atoms with E-state index in [1.54, 1.807) is 6.26 Å². The smallest absolute Gasteiger partial charge is 0.202 e. The lowest BCUT2D eigenvalue weighted by atomic mass is 10.1. The Morgan fingerprint density at radius 3 is 2.89 bits per heavy atom. The van der Waals surface area contributed by atoms with Gasteiger partial charge in [-0.25, -0.2) is 0 Å². The summed E-state index contributed by atoms with van der Waals surface area (Å²) in [6.45, 7) is 2.57. The number of aliphatic hydroxyl groups excluding tert-OH is 1. The normalized spacial score (nSPS) is 18.3. The van der Waals surface area contributed by atoms with Gasteiger partial charge in [-0.05, 0) is 25.0 Å². The SMILES string of the molecule is OC1CCN(Cc2cc(-c3ccco3)on2)CC1. The van der Waals surface area contributed by atoms with Crippen molar-refractivity contribution in [1.29, 1.82) is 0 Å². The van der Waals surface area contributed by atoms with Gasteiger partial charge in [0, 0.05) is 25.7 Å². The maximum atomic E-state index is 9.45. The van der Waals surface area contributed by atoms with Gasteiger partial charge in [-0.2, -0.15) is 0 Å². The highest BCUT2D eigenvalue weighted by Gasteiger charge is 2.18. The number of hydrogen-bond donors (Lipinski definition) is 1. The molecular formula is C13H16N2O3. The van der Waals surface area contributed by atoms with Crippen LogP contribution in [-0.2, 0) is 6.54 Å². The summed E-state index contributed by atoms with van der Waals surface area (Å²) in [7, 11) is 0. The first-order chi connectivity index (χ1) is 8.81. The summed E-state index contributed by atoms with van der Waals surface area (Å²) in [5, 5.41) is 13.5. The molecular weight excluding hydrogens is 232 g/mol. The summed E-state index contributed by atoms with van der Waals surface area (Å²) in [4.78, 5) is 2.27. The number of aliphatic hydroxyl groups is 1. The molecule has 1 saturated heterocycles. The molecule has 2 aromatic rings. The number of likely N-dealkylation sites (tertiary alicyclic amines) is 1. The maximum absolute atomic E-state index is 9.45. The lowest BCUT2D eigenvalue weighted by Gasteiger charge is -2.28. The fourth-order valence-corrected chi connectivity index (χ4v) is 2.23. The molecule has 0 bridgehead atoms. The molecule has 1 aliphatic rings. The largest absolute Gasteiger partial charge is 0.461 e. The zero-order valence-electron chi connectivity index (χ0n) is 10.1. The maximum Gasteiger partial charge on any atom is 0.202 e. The van der Waals surface area contributed by atoms with Crippen molar-refractivity contribution in [3.63, 3.8) is 0 Å². The van der Waals surface area contributed by atoms with E-state index in [2.05, 4.69) is 10.1 Å². The molecule has 0 amide bonds. The molecule has 3 rings (SSSR count). The van der Waals surface area contributed by atoms with Gasteiger partial charge in [0.1, 0.15) is 0 Å². The lowest BCUT2D eigenvalue weighted by Crippen LogP contribution is -2.35. The second-order valence-corrected chi connectivity index (χ2v) is 4.67. The van der Waals surface area contributed by atoms with Gasteiger partial charge in [-0.3, -0.25) is 4.90 Å². The summed E-state index contributed by atoms with van der Waals surface area (Å²) in [5.41, 5.74) is 0.901. The van der Waals surface area contributed by atoms with Crippen molar-refractivity contribution in [2.24, 2.45) is 0 Å². The van der Waals surface area contributed by atoms with Crippen LogP contribution in [0.25, 0.3) is 11.5 Å². The summed E-state index contributed by atoms with van der Waals surface area (Å²) >= 11 is 0. The molecule has 0 saturated carbocycles. The molecule has 3 heterocycles. The van der Waals surface area contributed by atoms with Crippen molar-refractivity contribution in [3.8, 4) is 11.5 Å². The molecule has 2 aromatic heterocycles. The molecule has 0 unspecified atom stereocenters. The summed E-state index contributed by atoms with van der Waals surface area (Å²) in [5.74, 6) is 1.36. The minimum absolute atomic E-state index is 0.141. The van der Waals surface area contributed by atoms with E-state index in [0.717, 1.165) is 38.2 Å². The zero-order valence-corrected chi connectivity index (χ0v) is 10.1. The molecule has 0 aliphatic carbocycles. The second kappa shape index (κ2) is 4.96. The molecule has 0 radical (unpaired) electrons. The number of furan rings is 1. The minimum atomic E-state index is -0.141. The Balaban J connectivity index is 1.64. The average Bonchev–Trinajstić information content (AvgIpc) is 3.02. The van der Waals surface area contributed by atoms with Gasteiger partial charge in [-0.15, -0.1) is 0 Å². The van der Waals surface area contributed by atoms with E-state index in [-0.39, 0.29) is 6.10 Å². The molecule has 0 spiro atoms. The monoisotopic (exact) mass is 248 g/mol. The predicted octanol–water partition coefficient (Wildman–Crippen LogP) is 1.89. The van der Waals surface area contributed by atoms with E-state index in [9.17, 15) is 5.11 Å². The van der Waals surface area contributed by atoms with Crippen LogP contribution in [0.1, 0.15) is 18.5 Å². The van der Waals surface area contributed by atoms with Gasteiger partial charge >= 0.3 is 0 Å². The number of nitrogens with zero attached hydrogens (tertiary/aromatic N) is 2. The first kappa shape index (κ1) is 11.5. The van der Waals surface area contributed by atoms with E-state index < -0.39 is 0 Å². The van der Waals surface area contributed by atoms with Crippen LogP contribution in [0.5, 0.6) is 0 Å². The number of hydrogen-bond acceptors (Lipinski definition) is 5. The summed E-state index contributed by atoms with van der Waals surface area (Å²) in [6, 6.07) is 5.58. The third-order valence-corrected chi connectivity index (χ3v) is 3.27. The Bertz CT molecular complexity index is 484. The van der Waals surface area contributed by atoms with Crippen LogP contribution in [-0.4, -0.2) is 34.4 Å². The van der Waals surface area contributed by atoms with Gasteiger partial charge in [0.05, 0.1) is 18.1 Å². The van der Waals surface area contributed by atoms with Crippen molar-refractivity contribution in [2.45, 2.75) is 25.5 Å². The highest BCUT2D eigenvalue weighted by Crippen LogP contribution is 2.21. The van der Waals surface area contributed by atoms with Gasteiger partial charge in [0.2, 0.25) is 5.76 Å². The Morgan fingerprint density at radius 2 is 2.17 bits per heavy atom. The third kappa shape index (κ3) is 2.47. The Kier molecular flexibility index (Phi) is 3.17. The quantitative estimate of drug-likeness (QED) is 0.898. The van der Waals surface area contributed by atoms with Crippen molar-refractivity contribution in [3.05, 3.63) is 30.2 Å².